The van der Waals surface area contributed by atoms with E-state index >= 15 is 0 Å². The maximum Gasteiger partial charge on any atom is 0.238 e. The van der Waals surface area contributed by atoms with E-state index in [1.54, 1.807) is 6.07 Å². The van der Waals surface area contributed by atoms with E-state index in [0.717, 1.165) is 6.54 Å². The van der Waals surface area contributed by atoms with E-state index in [4.69, 9.17) is 10.9 Å². The molecule has 0 aliphatic heterocycles. The Morgan fingerprint density at radius 2 is 2.00 bits per heavy atom. The molecule has 1 aromatic carbocycles. The summed E-state index contributed by atoms with van der Waals surface area (Å²) >= 11 is 0. The maximum atomic E-state index is 11.2. The molecule has 1 fully saturated rings. The van der Waals surface area contributed by atoms with Gasteiger partial charge in [-0.1, -0.05) is 0 Å². The number of anilines is 2. The maximum absolute atomic E-state index is 11.2. The zero-order valence-corrected chi connectivity index (χ0v) is 9.63. The average Bonchev–Trinajstić information content (AvgIpc) is 2.96. The van der Waals surface area contributed by atoms with Crippen molar-refractivity contribution in [1.29, 1.82) is 0 Å². The predicted molar refractivity (Wildman–Crippen MR) is 63.4 cm³/mol. The van der Waals surface area contributed by atoms with Gasteiger partial charge in [0.1, 0.15) is 0 Å². The highest BCUT2D eigenvalue weighted by molar-refractivity contribution is 7.89. The molecule has 0 unspecified atom stereocenters. The Morgan fingerprint density at radius 3 is 2.56 bits per heavy atom. The van der Waals surface area contributed by atoms with Crippen LogP contribution in [-0.2, 0) is 10.0 Å². The number of hydrogen-bond donors (Lipinski definition) is 3. The second-order valence-corrected chi connectivity index (χ2v) is 5.72. The molecule has 1 aromatic rings. The number of hydrogen-bond acceptors (Lipinski definition) is 4. The quantitative estimate of drug-likeness (QED) is 0.677. The molecule has 88 valence electrons. The van der Waals surface area contributed by atoms with Crippen LogP contribution in [0.25, 0.3) is 0 Å². The first-order valence-corrected chi connectivity index (χ1v) is 6.67. The Hall–Kier alpha value is -1.27. The van der Waals surface area contributed by atoms with Crippen molar-refractivity contribution < 1.29 is 8.42 Å². The fourth-order valence-corrected chi connectivity index (χ4v) is 2.06. The Kier molecular flexibility index (Phi) is 2.77. The third-order valence-electron chi connectivity index (χ3n) is 2.55. The second-order valence-electron chi connectivity index (χ2n) is 4.16. The van der Waals surface area contributed by atoms with Gasteiger partial charge < -0.3 is 11.1 Å². The Bertz CT molecular complexity index is 495. The molecule has 0 amide bonds. The van der Waals surface area contributed by atoms with Crippen LogP contribution >= 0.6 is 0 Å². The Balaban J connectivity index is 2.20. The molecule has 0 heterocycles. The highest BCUT2D eigenvalue weighted by atomic mass is 32.2. The molecule has 0 spiro atoms. The normalized spacial score (nSPS) is 16.1. The summed E-state index contributed by atoms with van der Waals surface area (Å²) in [4.78, 5) is 0.0470. The standard InChI is InChI=1S/C10H15N3O2S/c11-8-3-9(13-6-7-1-2-7)5-10(4-8)16(12,14)15/h3-5,7,13H,1-2,6,11H2,(H2,12,14,15). The Labute approximate surface area is 94.9 Å². The molecule has 1 saturated carbocycles. The van der Waals surface area contributed by atoms with E-state index in [-0.39, 0.29) is 4.90 Å². The van der Waals surface area contributed by atoms with Crippen LogP contribution in [0.15, 0.2) is 23.1 Å². The summed E-state index contributed by atoms with van der Waals surface area (Å²) in [6.07, 6.45) is 2.47. The van der Waals surface area contributed by atoms with Gasteiger partial charge in [-0.25, -0.2) is 13.6 Å². The molecule has 1 aliphatic rings. The van der Waals surface area contributed by atoms with E-state index in [1.807, 2.05) is 0 Å². The molecular weight excluding hydrogens is 226 g/mol. The fourth-order valence-electron chi connectivity index (χ4n) is 1.47. The number of sulfonamides is 1. The van der Waals surface area contributed by atoms with Gasteiger partial charge in [-0.3, -0.25) is 0 Å². The van der Waals surface area contributed by atoms with Gasteiger partial charge in [-0.05, 0) is 37.0 Å². The molecule has 0 aromatic heterocycles. The largest absolute Gasteiger partial charge is 0.399 e. The highest BCUT2D eigenvalue weighted by Gasteiger charge is 2.20. The molecule has 0 atom stereocenters. The molecule has 6 heteroatoms. The van der Waals surface area contributed by atoms with Crippen LogP contribution in [0.4, 0.5) is 11.4 Å². The van der Waals surface area contributed by atoms with Gasteiger partial charge in [0.15, 0.2) is 0 Å². The monoisotopic (exact) mass is 241 g/mol. The molecular formula is C10H15N3O2S. The second kappa shape index (κ2) is 3.95. The average molecular weight is 241 g/mol. The SMILES string of the molecule is Nc1cc(NCC2CC2)cc(S(N)(=O)=O)c1. The summed E-state index contributed by atoms with van der Waals surface area (Å²) in [5.41, 5.74) is 6.72. The summed E-state index contributed by atoms with van der Waals surface area (Å²) in [7, 11) is -3.69. The number of nitrogens with one attached hydrogen (secondary N) is 1. The number of benzene rings is 1. The lowest BCUT2D eigenvalue weighted by molar-refractivity contribution is 0.598. The number of rotatable bonds is 4. The summed E-state index contributed by atoms with van der Waals surface area (Å²) in [5.74, 6) is 0.708. The number of nitrogen functional groups attached to an aromatic ring is 1. The van der Waals surface area contributed by atoms with Gasteiger partial charge in [0, 0.05) is 17.9 Å². The highest BCUT2D eigenvalue weighted by Crippen LogP contribution is 2.29. The molecule has 16 heavy (non-hydrogen) atoms. The zero-order valence-electron chi connectivity index (χ0n) is 8.81. The number of nitrogens with two attached hydrogens (primary N) is 2. The van der Waals surface area contributed by atoms with E-state index in [1.165, 1.54) is 25.0 Å². The molecule has 2 rings (SSSR count). The van der Waals surface area contributed by atoms with E-state index in [2.05, 4.69) is 5.32 Å². The van der Waals surface area contributed by atoms with Crippen LogP contribution in [0.3, 0.4) is 0 Å². The first-order valence-electron chi connectivity index (χ1n) is 5.12. The molecule has 0 saturated heterocycles. The smallest absolute Gasteiger partial charge is 0.238 e. The third kappa shape index (κ3) is 2.86. The first-order chi connectivity index (χ1) is 7.45. The molecule has 0 radical (unpaired) electrons. The van der Waals surface area contributed by atoms with Crippen molar-refractivity contribution in [2.45, 2.75) is 17.7 Å². The fraction of sp³-hybridized carbons (Fsp3) is 0.400. The van der Waals surface area contributed by atoms with E-state index < -0.39 is 10.0 Å². The van der Waals surface area contributed by atoms with E-state index in [0.29, 0.717) is 17.3 Å². The summed E-state index contributed by atoms with van der Waals surface area (Å²) < 4.78 is 22.4. The lowest BCUT2D eigenvalue weighted by Gasteiger charge is -2.08. The minimum absolute atomic E-state index is 0.0470. The van der Waals surface area contributed by atoms with Crippen molar-refractivity contribution in [3.05, 3.63) is 18.2 Å². The van der Waals surface area contributed by atoms with Crippen LogP contribution < -0.4 is 16.2 Å². The van der Waals surface area contributed by atoms with Crippen molar-refractivity contribution in [3.63, 3.8) is 0 Å². The van der Waals surface area contributed by atoms with Gasteiger partial charge in [-0.15, -0.1) is 0 Å². The lowest BCUT2D eigenvalue weighted by atomic mass is 10.2. The van der Waals surface area contributed by atoms with Crippen LogP contribution in [0.1, 0.15) is 12.8 Å². The topological polar surface area (TPSA) is 98.2 Å². The van der Waals surface area contributed by atoms with Crippen molar-refractivity contribution in [3.8, 4) is 0 Å². The van der Waals surface area contributed by atoms with Crippen LogP contribution in [0, 0.1) is 5.92 Å². The summed E-state index contributed by atoms with van der Waals surface area (Å²) in [6.45, 7) is 0.855. The van der Waals surface area contributed by atoms with Gasteiger partial charge in [0.2, 0.25) is 10.0 Å². The minimum atomic E-state index is -3.69. The summed E-state index contributed by atoms with van der Waals surface area (Å²) in [5, 5.41) is 8.21. The van der Waals surface area contributed by atoms with Gasteiger partial charge in [-0.2, -0.15) is 0 Å². The molecule has 1 aliphatic carbocycles. The molecule has 5 nitrogen and oxygen atoms in total. The van der Waals surface area contributed by atoms with Crippen LogP contribution in [-0.4, -0.2) is 15.0 Å². The minimum Gasteiger partial charge on any atom is -0.399 e. The predicted octanol–water partition coefficient (Wildman–Crippen LogP) is 0.738. The lowest BCUT2D eigenvalue weighted by Crippen LogP contribution is -2.13. The Morgan fingerprint density at radius 1 is 1.31 bits per heavy atom. The first kappa shape index (κ1) is 11.2. The third-order valence-corrected chi connectivity index (χ3v) is 3.44. The van der Waals surface area contributed by atoms with Crippen molar-refractivity contribution in [2.75, 3.05) is 17.6 Å². The summed E-state index contributed by atoms with van der Waals surface area (Å²) in [6, 6.07) is 4.57. The van der Waals surface area contributed by atoms with Crippen molar-refractivity contribution in [1.82, 2.24) is 0 Å². The van der Waals surface area contributed by atoms with Gasteiger partial charge >= 0.3 is 0 Å². The van der Waals surface area contributed by atoms with Gasteiger partial charge in [0.25, 0.3) is 0 Å². The van der Waals surface area contributed by atoms with E-state index in [9.17, 15) is 8.42 Å². The molecule has 0 bridgehead atoms. The molecule has 5 N–H and O–H groups in total. The van der Waals surface area contributed by atoms with Crippen molar-refractivity contribution >= 4 is 21.4 Å². The zero-order chi connectivity index (χ0) is 11.8. The number of primary sulfonamides is 1. The van der Waals surface area contributed by atoms with Crippen LogP contribution in [0.5, 0.6) is 0 Å². The van der Waals surface area contributed by atoms with Crippen LogP contribution in [0.2, 0.25) is 0 Å². The van der Waals surface area contributed by atoms with Crippen molar-refractivity contribution in [2.24, 2.45) is 11.1 Å². The van der Waals surface area contributed by atoms with Gasteiger partial charge in [0.05, 0.1) is 4.90 Å².